The molecule has 0 N–H and O–H groups in total. The van der Waals surface area contributed by atoms with E-state index in [-0.39, 0.29) is 34.2 Å². The third kappa shape index (κ3) is 6.10. The summed E-state index contributed by atoms with van der Waals surface area (Å²) in [5.74, 6) is 0. The van der Waals surface area contributed by atoms with Crippen molar-refractivity contribution >= 4 is 31.8 Å². The summed E-state index contributed by atoms with van der Waals surface area (Å²) in [6.07, 6.45) is -0.592. The molecule has 11 heteroatoms. The van der Waals surface area contributed by atoms with E-state index in [0.29, 0.717) is 26.2 Å². The topological polar surface area (TPSA) is 93.2 Å². The van der Waals surface area contributed by atoms with Gasteiger partial charge >= 0.3 is 0 Å². The van der Waals surface area contributed by atoms with Crippen molar-refractivity contribution in [2.75, 3.05) is 26.2 Å². The molecule has 0 radical (unpaired) electrons. The van der Waals surface area contributed by atoms with Gasteiger partial charge in [-0.1, -0.05) is 11.8 Å². The van der Waals surface area contributed by atoms with E-state index in [1.807, 2.05) is 27.7 Å². The lowest BCUT2D eigenvalue weighted by molar-refractivity contribution is -0.0442. The van der Waals surface area contributed by atoms with E-state index < -0.39 is 20.0 Å². The molecule has 0 bridgehead atoms. The Hall–Kier alpha value is -1.47. The Kier molecular flexibility index (Phi) is 7.97. The maximum Gasteiger partial charge on any atom is 0.243 e. The summed E-state index contributed by atoms with van der Waals surface area (Å²) >= 11 is 1.44. The molecule has 0 amide bonds. The van der Waals surface area contributed by atoms with Gasteiger partial charge in [0, 0.05) is 36.0 Å². The highest BCUT2D eigenvalue weighted by molar-refractivity contribution is 7.99. The van der Waals surface area contributed by atoms with Crippen LogP contribution in [0.1, 0.15) is 27.7 Å². The van der Waals surface area contributed by atoms with Gasteiger partial charge in [0.25, 0.3) is 0 Å². The molecule has 2 aromatic rings. The number of sulfonamides is 2. The molecular weight excluding hydrogens is 508 g/mol. The van der Waals surface area contributed by atoms with Crippen molar-refractivity contribution in [3.63, 3.8) is 0 Å². The molecule has 8 nitrogen and oxygen atoms in total. The van der Waals surface area contributed by atoms with Crippen molar-refractivity contribution in [2.45, 2.75) is 71.7 Å². The number of ether oxygens (including phenoxy) is 2. The zero-order valence-electron chi connectivity index (χ0n) is 20.3. The molecule has 35 heavy (non-hydrogen) atoms. The monoisotopic (exact) mass is 540 g/mol. The second-order valence-electron chi connectivity index (χ2n) is 9.20. The predicted octanol–water partition coefficient (Wildman–Crippen LogP) is 3.43. The molecule has 2 heterocycles. The Balaban J connectivity index is 1.44. The van der Waals surface area contributed by atoms with E-state index in [1.54, 1.807) is 48.5 Å². The summed E-state index contributed by atoms with van der Waals surface area (Å²) < 4.78 is 66.4. The molecule has 2 aliphatic rings. The molecule has 4 rings (SSSR count). The fourth-order valence-corrected chi connectivity index (χ4v) is 8.45. The molecule has 0 aromatic heterocycles. The maximum atomic E-state index is 13.0. The minimum absolute atomic E-state index is 0.148. The Morgan fingerprint density at radius 2 is 0.886 bits per heavy atom. The van der Waals surface area contributed by atoms with Gasteiger partial charge in [0.2, 0.25) is 20.0 Å². The average Bonchev–Trinajstić information content (AvgIpc) is 2.78. The van der Waals surface area contributed by atoms with Crippen LogP contribution in [0.25, 0.3) is 0 Å². The van der Waals surface area contributed by atoms with Crippen molar-refractivity contribution in [3.05, 3.63) is 48.5 Å². The lowest BCUT2D eigenvalue weighted by Crippen LogP contribution is -2.48. The van der Waals surface area contributed by atoms with Gasteiger partial charge in [0.05, 0.1) is 34.2 Å². The first kappa shape index (κ1) is 26.6. The Bertz CT molecular complexity index is 1120. The SMILES string of the molecule is C[C@@H]1CN(S(=O)(=O)c2ccc(Sc3ccc(S(=O)(=O)N4C[C@H](C)O[C@@H](C)C4)cc3)cc2)C[C@@H](C)O1. The zero-order chi connectivity index (χ0) is 25.4. The van der Waals surface area contributed by atoms with Crippen LogP contribution in [-0.4, -0.2) is 76.0 Å². The van der Waals surface area contributed by atoms with Crippen molar-refractivity contribution in [2.24, 2.45) is 0 Å². The number of benzene rings is 2. The molecule has 2 aliphatic heterocycles. The quantitative estimate of drug-likeness (QED) is 0.554. The summed E-state index contributed by atoms with van der Waals surface area (Å²) in [7, 11) is -7.19. The molecular formula is C24H32N2O6S3. The summed E-state index contributed by atoms with van der Waals surface area (Å²) in [6, 6.07) is 13.5. The minimum Gasteiger partial charge on any atom is -0.373 e. The molecule has 2 saturated heterocycles. The highest BCUT2D eigenvalue weighted by Gasteiger charge is 2.33. The van der Waals surface area contributed by atoms with Gasteiger partial charge in [0.1, 0.15) is 0 Å². The largest absolute Gasteiger partial charge is 0.373 e. The van der Waals surface area contributed by atoms with E-state index >= 15 is 0 Å². The van der Waals surface area contributed by atoms with Crippen LogP contribution in [0, 0.1) is 0 Å². The molecule has 2 aromatic carbocycles. The number of morpholine rings is 2. The lowest BCUT2D eigenvalue weighted by atomic mass is 10.3. The van der Waals surface area contributed by atoms with Gasteiger partial charge in [-0.05, 0) is 76.2 Å². The average molecular weight is 541 g/mol. The first-order valence-electron chi connectivity index (χ1n) is 11.6. The van der Waals surface area contributed by atoms with E-state index in [9.17, 15) is 16.8 Å². The molecule has 192 valence electrons. The van der Waals surface area contributed by atoms with Gasteiger partial charge in [-0.2, -0.15) is 8.61 Å². The highest BCUT2D eigenvalue weighted by Crippen LogP contribution is 2.31. The summed E-state index contributed by atoms with van der Waals surface area (Å²) in [5, 5.41) is 0. The molecule has 2 fully saturated rings. The van der Waals surface area contributed by atoms with Crippen LogP contribution in [0.5, 0.6) is 0 Å². The van der Waals surface area contributed by atoms with Gasteiger partial charge in [0.15, 0.2) is 0 Å². The summed E-state index contributed by atoms with van der Waals surface area (Å²) in [4.78, 5) is 2.22. The number of nitrogens with zero attached hydrogens (tertiary/aromatic N) is 2. The van der Waals surface area contributed by atoms with Crippen LogP contribution in [0.2, 0.25) is 0 Å². The van der Waals surface area contributed by atoms with Crippen LogP contribution < -0.4 is 0 Å². The van der Waals surface area contributed by atoms with Crippen molar-refractivity contribution in [1.82, 2.24) is 8.61 Å². The van der Waals surface area contributed by atoms with E-state index in [1.165, 1.54) is 20.4 Å². The Morgan fingerprint density at radius 3 is 1.17 bits per heavy atom. The van der Waals surface area contributed by atoms with E-state index in [0.717, 1.165) is 9.79 Å². The van der Waals surface area contributed by atoms with Crippen molar-refractivity contribution < 1.29 is 26.3 Å². The van der Waals surface area contributed by atoms with Gasteiger partial charge < -0.3 is 9.47 Å². The van der Waals surface area contributed by atoms with Crippen molar-refractivity contribution in [3.8, 4) is 0 Å². The van der Waals surface area contributed by atoms with E-state index in [4.69, 9.17) is 9.47 Å². The summed E-state index contributed by atoms with van der Waals surface area (Å²) in [5.41, 5.74) is 0. The fraction of sp³-hybridized carbons (Fsp3) is 0.500. The second-order valence-corrected chi connectivity index (χ2v) is 14.2. The first-order chi connectivity index (χ1) is 16.4. The van der Waals surface area contributed by atoms with Crippen molar-refractivity contribution in [1.29, 1.82) is 0 Å². The number of hydrogen-bond donors (Lipinski definition) is 0. The Labute approximate surface area is 212 Å². The number of hydrogen-bond acceptors (Lipinski definition) is 7. The first-order valence-corrected chi connectivity index (χ1v) is 15.3. The highest BCUT2D eigenvalue weighted by atomic mass is 32.2. The maximum absolute atomic E-state index is 13.0. The van der Waals surface area contributed by atoms with Crippen LogP contribution in [-0.2, 0) is 29.5 Å². The molecule has 0 saturated carbocycles. The molecule has 0 aliphatic carbocycles. The Morgan fingerprint density at radius 1 is 0.600 bits per heavy atom. The molecule has 4 atom stereocenters. The lowest BCUT2D eigenvalue weighted by Gasteiger charge is -2.34. The predicted molar refractivity (Wildman–Crippen MR) is 135 cm³/mol. The normalized spacial score (nSPS) is 27.1. The minimum atomic E-state index is -3.59. The van der Waals surface area contributed by atoms with Gasteiger partial charge in [-0.3, -0.25) is 0 Å². The molecule has 0 unspecified atom stereocenters. The third-order valence-electron chi connectivity index (χ3n) is 5.93. The van der Waals surface area contributed by atoms with Crippen LogP contribution >= 0.6 is 11.8 Å². The van der Waals surface area contributed by atoms with E-state index in [2.05, 4.69) is 0 Å². The zero-order valence-corrected chi connectivity index (χ0v) is 22.8. The van der Waals surface area contributed by atoms with Gasteiger partial charge in [-0.15, -0.1) is 0 Å². The second kappa shape index (κ2) is 10.5. The standard InChI is InChI=1S/C24H32N2O6S3/c1-17-13-25(14-18(2)31-17)34(27,28)23-9-5-21(6-10-23)33-22-7-11-24(12-8-22)35(29,30)26-15-19(3)32-20(4)16-26/h5-12,17-20H,13-16H2,1-4H3/t17-,18-,19+,20+. The van der Waals surface area contributed by atoms with Gasteiger partial charge in [-0.25, -0.2) is 16.8 Å². The third-order valence-corrected chi connectivity index (χ3v) is 10.6. The fourth-order valence-electron chi connectivity index (χ4n) is 4.45. The number of rotatable bonds is 6. The van der Waals surface area contributed by atoms with Crippen LogP contribution in [0.4, 0.5) is 0 Å². The van der Waals surface area contributed by atoms with Crippen LogP contribution in [0.15, 0.2) is 68.1 Å². The molecule has 0 spiro atoms. The van der Waals surface area contributed by atoms with Crippen LogP contribution in [0.3, 0.4) is 0 Å². The summed E-state index contributed by atoms with van der Waals surface area (Å²) in [6.45, 7) is 8.82. The smallest absolute Gasteiger partial charge is 0.243 e.